The van der Waals surface area contributed by atoms with Crippen molar-refractivity contribution in [1.82, 2.24) is 15.5 Å². The molecular weight excluding hydrogens is 348 g/mol. The van der Waals surface area contributed by atoms with E-state index in [1.54, 1.807) is 6.92 Å². The van der Waals surface area contributed by atoms with Crippen molar-refractivity contribution in [2.24, 2.45) is 0 Å². The number of hydrogen-bond acceptors (Lipinski definition) is 6. The van der Waals surface area contributed by atoms with E-state index < -0.39 is 12.2 Å². The SMILES string of the molecule is COc1cc(C(=O)NC2(c3noc(C)n3)CCCC2)ccc1OC(F)F. The Balaban J connectivity index is 1.84. The Kier molecular flexibility index (Phi) is 5.06. The van der Waals surface area contributed by atoms with Crippen LogP contribution < -0.4 is 14.8 Å². The van der Waals surface area contributed by atoms with Crippen LogP contribution >= 0.6 is 0 Å². The summed E-state index contributed by atoms with van der Waals surface area (Å²) >= 11 is 0. The van der Waals surface area contributed by atoms with E-state index >= 15 is 0 Å². The number of alkyl halides is 2. The third-order valence-electron chi connectivity index (χ3n) is 4.41. The van der Waals surface area contributed by atoms with Gasteiger partial charge in [-0.15, -0.1) is 0 Å². The maximum Gasteiger partial charge on any atom is 0.387 e. The smallest absolute Gasteiger partial charge is 0.387 e. The molecule has 1 aliphatic rings. The van der Waals surface area contributed by atoms with Gasteiger partial charge in [0.05, 0.1) is 7.11 Å². The lowest BCUT2D eigenvalue weighted by Gasteiger charge is -2.27. The zero-order valence-corrected chi connectivity index (χ0v) is 14.4. The topological polar surface area (TPSA) is 86.5 Å². The molecule has 1 saturated carbocycles. The van der Waals surface area contributed by atoms with E-state index in [-0.39, 0.29) is 23.0 Å². The normalized spacial score (nSPS) is 15.9. The summed E-state index contributed by atoms with van der Waals surface area (Å²) in [6.45, 7) is -1.29. The molecule has 1 aromatic carbocycles. The van der Waals surface area contributed by atoms with E-state index in [0.29, 0.717) is 24.6 Å². The summed E-state index contributed by atoms with van der Waals surface area (Å²) in [4.78, 5) is 17.0. The van der Waals surface area contributed by atoms with Gasteiger partial charge in [0.15, 0.2) is 17.3 Å². The molecule has 0 aliphatic heterocycles. The number of carbonyl (C=O) groups excluding carboxylic acids is 1. The highest BCUT2D eigenvalue weighted by atomic mass is 19.3. The minimum Gasteiger partial charge on any atom is -0.493 e. The largest absolute Gasteiger partial charge is 0.493 e. The number of ether oxygens (including phenoxy) is 2. The molecule has 140 valence electrons. The van der Waals surface area contributed by atoms with Crippen LogP contribution in [0.4, 0.5) is 8.78 Å². The van der Waals surface area contributed by atoms with Gasteiger partial charge < -0.3 is 19.3 Å². The van der Waals surface area contributed by atoms with Crippen LogP contribution in [0.3, 0.4) is 0 Å². The van der Waals surface area contributed by atoms with Crippen LogP contribution in [0.15, 0.2) is 22.7 Å². The van der Waals surface area contributed by atoms with Crippen LogP contribution in [0.25, 0.3) is 0 Å². The fourth-order valence-electron chi connectivity index (χ4n) is 3.17. The molecule has 26 heavy (non-hydrogen) atoms. The Hall–Kier alpha value is -2.71. The van der Waals surface area contributed by atoms with Crippen molar-refractivity contribution < 1.29 is 27.6 Å². The van der Waals surface area contributed by atoms with Gasteiger partial charge in [0.2, 0.25) is 5.89 Å². The zero-order valence-electron chi connectivity index (χ0n) is 14.4. The average Bonchev–Trinajstić information content (AvgIpc) is 3.24. The van der Waals surface area contributed by atoms with Crippen molar-refractivity contribution >= 4 is 5.91 Å². The number of nitrogens with zero attached hydrogens (tertiary/aromatic N) is 2. The number of hydrogen-bond donors (Lipinski definition) is 1. The van der Waals surface area contributed by atoms with Crippen LogP contribution in [-0.4, -0.2) is 29.8 Å². The fourth-order valence-corrected chi connectivity index (χ4v) is 3.17. The summed E-state index contributed by atoms with van der Waals surface area (Å²) in [5, 5.41) is 6.95. The maximum atomic E-state index is 12.7. The van der Waals surface area contributed by atoms with Crippen LogP contribution in [0, 0.1) is 6.92 Å². The number of amides is 1. The summed E-state index contributed by atoms with van der Waals surface area (Å²) < 4.78 is 39.3. The van der Waals surface area contributed by atoms with Crippen LogP contribution in [0.2, 0.25) is 0 Å². The van der Waals surface area contributed by atoms with E-state index in [4.69, 9.17) is 9.26 Å². The third kappa shape index (κ3) is 3.61. The molecule has 1 amide bonds. The van der Waals surface area contributed by atoms with Gasteiger partial charge in [0.25, 0.3) is 5.91 Å². The minimum absolute atomic E-state index is 0.0498. The first-order valence-corrected chi connectivity index (χ1v) is 8.20. The second-order valence-electron chi connectivity index (χ2n) is 6.12. The van der Waals surface area contributed by atoms with Crippen LogP contribution in [-0.2, 0) is 5.54 Å². The maximum absolute atomic E-state index is 12.7. The zero-order chi connectivity index (χ0) is 18.7. The fraction of sp³-hybridized carbons (Fsp3) is 0.471. The highest BCUT2D eigenvalue weighted by molar-refractivity contribution is 5.95. The number of rotatable bonds is 6. The molecule has 1 aliphatic carbocycles. The molecular formula is C17H19F2N3O4. The van der Waals surface area contributed by atoms with Crippen molar-refractivity contribution in [3.05, 3.63) is 35.5 Å². The van der Waals surface area contributed by atoms with Gasteiger partial charge in [-0.25, -0.2) is 0 Å². The van der Waals surface area contributed by atoms with Crippen molar-refractivity contribution in [3.63, 3.8) is 0 Å². The van der Waals surface area contributed by atoms with Gasteiger partial charge >= 0.3 is 6.61 Å². The number of methoxy groups -OCH3 is 1. The lowest BCUT2D eigenvalue weighted by atomic mass is 9.96. The molecule has 9 heteroatoms. The third-order valence-corrected chi connectivity index (χ3v) is 4.41. The van der Waals surface area contributed by atoms with E-state index in [0.717, 1.165) is 12.8 Å². The number of aryl methyl sites for hydroxylation is 1. The molecule has 3 rings (SSSR count). The van der Waals surface area contributed by atoms with E-state index in [9.17, 15) is 13.6 Å². The van der Waals surface area contributed by atoms with E-state index in [1.165, 1.54) is 25.3 Å². The Morgan fingerprint density at radius 1 is 1.31 bits per heavy atom. The number of halogens is 2. The predicted molar refractivity (Wildman–Crippen MR) is 86.3 cm³/mol. The lowest BCUT2D eigenvalue weighted by Crippen LogP contribution is -2.44. The van der Waals surface area contributed by atoms with Crippen molar-refractivity contribution in [2.45, 2.75) is 44.8 Å². The molecule has 0 saturated heterocycles. The molecule has 1 N–H and O–H groups in total. The van der Waals surface area contributed by atoms with Gasteiger partial charge in [0.1, 0.15) is 5.54 Å². The number of carbonyl (C=O) groups is 1. The number of benzene rings is 1. The summed E-state index contributed by atoms with van der Waals surface area (Å²) in [5.41, 5.74) is -0.435. The Labute approximate surface area is 148 Å². The molecule has 7 nitrogen and oxygen atoms in total. The van der Waals surface area contributed by atoms with Crippen LogP contribution in [0.5, 0.6) is 11.5 Å². The van der Waals surface area contributed by atoms with Crippen molar-refractivity contribution in [3.8, 4) is 11.5 Å². The summed E-state index contributed by atoms with van der Waals surface area (Å²) in [7, 11) is 1.32. The first kappa shape index (κ1) is 18.1. The van der Waals surface area contributed by atoms with E-state index in [2.05, 4.69) is 20.2 Å². The molecule has 1 aromatic heterocycles. The van der Waals surface area contributed by atoms with Gasteiger partial charge in [-0.3, -0.25) is 4.79 Å². The standard InChI is InChI=1S/C17H19F2N3O4/c1-10-20-15(22-26-10)17(7-3-4-8-17)21-14(23)11-5-6-12(25-16(18)19)13(9-11)24-2/h5-6,9,16H,3-4,7-8H2,1-2H3,(H,21,23). The lowest BCUT2D eigenvalue weighted by molar-refractivity contribution is -0.0512. The second kappa shape index (κ2) is 7.27. The Bertz CT molecular complexity index is 788. The first-order chi connectivity index (χ1) is 12.4. The van der Waals surface area contributed by atoms with Crippen molar-refractivity contribution in [1.29, 1.82) is 0 Å². The molecule has 0 radical (unpaired) electrons. The highest BCUT2D eigenvalue weighted by Crippen LogP contribution is 2.38. The summed E-state index contributed by atoms with van der Waals surface area (Å²) in [6, 6.07) is 4.04. The number of nitrogens with one attached hydrogen (secondary N) is 1. The molecule has 0 atom stereocenters. The van der Waals surface area contributed by atoms with E-state index in [1.807, 2.05) is 0 Å². The first-order valence-electron chi connectivity index (χ1n) is 8.20. The van der Waals surface area contributed by atoms with Gasteiger partial charge in [0, 0.05) is 12.5 Å². The molecule has 0 unspecified atom stereocenters. The molecule has 2 aromatic rings. The highest BCUT2D eigenvalue weighted by Gasteiger charge is 2.41. The second-order valence-corrected chi connectivity index (χ2v) is 6.12. The predicted octanol–water partition coefficient (Wildman–Crippen LogP) is 3.19. The Morgan fingerprint density at radius 2 is 2.04 bits per heavy atom. The minimum atomic E-state index is -2.98. The molecule has 1 heterocycles. The van der Waals surface area contributed by atoms with Crippen LogP contribution in [0.1, 0.15) is 47.8 Å². The summed E-state index contributed by atoms with van der Waals surface area (Å²) in [6.07, 6.45) is 3.25. The number of aromatic nitrogens is 2. The monoisotopic (exact) mass is 367 g/mol. The average molecular weight is 367 g/mol. The molecule has 0 bridgehead atoms. The van der Waals surface area contributed by atoms with Crippen molar-refractivity contribution in [2.75, 3.05) is 7.11 Å². The molecule has 0 spiro atoms. The van der Waals surface area contributed by atoms with Gasteiger partial charge in [-0.2, -0.15) is 13.8 Å². The summed E-state index contributed by atoms with van der Waals surface area (Å²) in [5.74, 6) is 0.412. The molecule has 1 fully saturated rings. The Morgan fingerprint density at radius 3 is 2.62 bits per heavy atom. The quantitative estimate of drug-likeness (QED) is 0.844. The van der Waals surface area contributed by atoms with Gasteiger partial charge in [-0.05, 0) is 31.0 Å². The van der Waals surface area contributed by atoms with Gasteiger partial charge in [-0.1, -0.05) is 18.0 Å².